The zero-order chi connectivity index (χ0) is 15.4. The second-order valence-corrected chi connectivity index (χ2v) is 5.21. The molecule has 0 saturated carbocycles. The molecule has 6 nitrogen and oxygen atoms in total. The largest absolute Gasteiger partial charge is 0.478 e. The summed E-state index contributed by atoms with van der Waals surface area (Å²) in [6.07, 6.45) is 1.79. The smallest absolute Gasteiger partial charge is 0.337 e. The van der Waals surface area contributed by atoms with Crippen LogP contribution >= 0.6 is 0 Å². The minimum atomic E-state index is -1.05. The Balaban J connectivity index is 2.05. The molecule has 2 amide bonds. The SMILES string of the molecule is COC1CCN(C(=O)Nc2ccc(C)cc2C(=O)O)CC1. The second kappa shape index (κ2) is 6.58. The van der Waals surface area contributed by atoms with Gasteiger partial charge in [0.15, 0.2) is 0 Å². The van der Waals surface area contributed by atoms with Gasteiger partial charge in [0.2, 0.25) is 0 Å². The van der Waals surface area contributed by atoms with Crippen molar-refractivity contribution in [3.63, 3.8) is 0 Å². The first kappa shape index (κ1) is 15.3. The van der Waals surface area contributed by atoms with Gasteiger partial charge >= 0.3 is 12.0 Å². The number of piperidine rings is 1. The van der Waals surface area contributed by atoms with Gasteiger partial charge in [-0.05, 0) is 31.9 Å². The molecule has 0 bridgehead atoms. The molecule has 21 heavy (non-hydrogen) atoms. The van der Waals surface area contributed by atoms with E-state index in [2.05, 4.69) is 5.32 Å². The standard InChI is InChI=1S/C15H20N2O4/c1-10-3-4-13(12(9-10)14(18)19)16-15(20)17-7-5-11(21-2)6-8-17/h3-4,9,11H,5-8H2,1-2H3,(H,16,20)(H,18,19). The number of aromatic carboxylic acids is 1. The number of amides is 2. The molecule has 0 aromatic heterocycles. The molecule has 2 N–H and O–H groups in total. The van der Waals surface area contributed by atoms with E-state index in [0.29, 0.717) is 18.8 Å². The van der Waals surface area contributed by atoms with Gasteiger partial charge in [0.1, 0.15) is 0 Å². The average Bonchev–Trinajstić information content (AvgIpc) is 2.49. The Morgan fingerprint density at radius 2 is 2.00 bits per heavy atom. The van der Waals surface area contributed by atoms with Gasteiger partial charge in [-0.2, -0.15) is 0 Å². The third-order valence-electron chi connectivity index (χ3n) is 3.71. The monoisotopic (exact) mass is 292 g/mol. The van der Waals surface area contributed by atoms with Crippen LogP contribution in [0.3, 0.4) is 0 Å². The van der Waals surface area contributed by atoms with Crippen LogP contribution in [0.25, 0.3) is 0 Å². The molecular formula is C15H20N2O4. The number of hydrogen-bond acceptors (Lipinski definition) is 3. The van der Waals surface area contributed by atoms with E-state index in [1.165, 1.54) is 0 Å². The van der Waals surface area contributed by atoms with Crippen molar-refractivity contribution < 1.29 is 19.4 Å². The number of carboxylic acid groups (broad SMARTS) is 1. The minimum Gasteiger partial charge on any atom is -0.478 e. The fourth-order valence-corrected chi connectivity index (χ4v) is 2.43. The van der Waals surface area contributed by atoms with E-state index in [0.717, 1.165) is 18.4 Å². The molecular weight excluding hydrogens is 272 g/mol. The number of hydrogen-bond donors (Lipinski definition) is 2. The first-order valence-electron chi connectivity index (χ1n) is 6.94. The first-order chi connectivity index (χ1) is 10.0. The number of ether oxygens (including phenoxy) is 1. The third kappa shape index (κ3) is 3.72. The predicted molar refractivity (Wildman–Crippen MR) is 78.8 cm³/mol. The minimum absolute atomic E-state index is 0.107. The lowest BCUT2D eigenvalue weighted by Gasteiger charge is -2.31. The van der Waals surface area contributed by atoms with Gasteiger partial charge in [-0.15, -0.1) is 0 Å². The van der Waals surface area contributed by atoms with Crippen LogP contribution in [0.2, 0.25) is 0 Å². The first-order valence-corrected chi connectivity index (χ1v) is 6.94. The van der Waals surface area contributed by atoms with E-state index in [-0.39, 0.29) is 17.7 Å². The zero-order valence-corrected chi connectivity index (χ0v) is 12.3. The number of methoxy groups -OCH3 is 1. The van der Waals surface area contributed by atoms with E-state index < -0.39 is 5.97 Å². The third-order valence-corrected chi connectivity index (χ3v) is 3.71. The van der Waals surface area contributed by atoms with E-state index in [1.54, 1.807) is 30.2 Å². The number of carboxylic acids is 1. The van der Waals surface area contributed by atoms with Crippen LogP contribution in [0.15, 0.2) is 18.2 Å². The Morgan fingerprint density at radius 3 is 2.57 bits per heavy atom. The molecule has 1 heterocycles. The highest BCUT2D eigenvalue weighted by atomic mass is 16.5. The van der Waals surface area contributed by atoms with Crippen LogP contribution in [0.5, 0.6) is 0 Å². The summed E-state index contributed by atoms with van der Waals surface area (Å²) < 4.78 is 5.27. The second-order valence-electron chi connectivity index (χ2n) is 5.21. The molecule has 1 saturated heterocycles. The van der Waals surface area contributed by atoms with Crippen LogP contribution in [0.4, 0.5) is 10.5 Å². The van der Waals surface area contributed by atoms with Gasteiger partial charge in [-0.3, -0.25) is 0 Å². The highest BCUT2D eigenvalue weighted by molar-refractivity contribution is 6.00. The molecule has 1 fully saturated rings. The maximum Gasteiger partial charge on any atom is 0.337 e. The summed E-state index contributed by atoms with van der Waals surface area (Å²) in [5, 5.41) is 11.9. The van der Waals surface area contributed by atoms with Crippen molar-refractivity contribution in [1.29, 1.82) is 0 Å². The normalized spacial score (nSPS) is 15.8. The number of anilines is 1. The van der Waals surface area contributed by atoms with Crippen molar-refractivity contribution in [2.75, 3.05) is 25.5 Å². The molecule has 0 radical (unpaired) electrons. The molecule has 0 atom stereocenters. The van der Waals surface area contributed by atoms with Crippen LogP contribution in [-0.2, 0) is 4.74 Å². The van der Waals surface area contributed by atoms with Gasteiger partial charge in [0, 0.05) is 20.2 Å². The van der Waals surface area contributed by atoms with E-state index >= 15 is 0 Å². The summed E-state index contributed by atoms with van der Waals surface area (Å²) in [4.78, 5) is 25.1. The number of rotatable bonds is 3. The van der Waals surface area contributed by atoms with Crippen LogP contribution in [0.1, 0.15) is 28.8 Å². The van der Waals surface area contributed by atoms with Gasteiger partial charge < -0.3 is 20.1 Å². The molecule has 1 aromatic rings. The Labute approximate surface area is 123 Å². The summed E-state index contributed by atoms with van der Waals surface area (Å²) in [6, 6.07) is 4.68. The van der Waals surface area contributed by atoms with Crippen molar-refractivity contribution in [3.05, 3.63) is 29.3 Å². The van der Waals surface area contributed by atoms with Gasteiger partial charge in [-0.1, -0.05) is 11.6 Å². The molecule has 1 aliphatic rings. The topological polar surface area (TPSA) is 78.9 Å². The number of aryl methyl sites for hydroxylation is 1. The Bertz CT molecular complexity index is 536. The van der Waals surface area contributed by atoms with Crippen LogP contribution in [0, 0.1) is 6.92 Å². The zero-order valence-electron chi connectivity index (χ0n) is 12.3. The number of nitrogens with one attached hydrogen (secondary N) is 1. The number of carbonyl (C=O) groups excluding carboxylic acids is 1. The number of benzene rings is 1. The maximum atomic E-state index is 12.2. The van der Waals surface area contributed by atoms with Gasteiger partial charge in [0.25, 0.3) is 0 Å². The highest BCUT2D eigenvalue weighted by Crippen LogP contribution is 2.19. The molecule has 2 rings (SSSR count). The Hall–Kier alpha value is -2.08. The maximum absolute atomic E-state index is 12.2. The summed E-state index contributed by atoms with van der Waals surface area (Å²) >= 11 is 0. The van der Waals surface area contributed by atoms with Crippen molar-refractivity contribution in [2.45, 2.75) is 25.9 Å². The molecule has 1 aromatic carbocycles. The predicted octanol–water partition coefficient (Wildman–Crippen LogP) is 2.34. The fourth-order valence-electron chi connectivity index (χ4n) is 2.43. The van der Waals surface area contributed by atoms with Crippen LogP contribution < -0.4 is 5.32 Å². The Morgan fingerprint density at radius 1 is 1.33 bits per heavy atom. The van der Waals surface area contributed by atoms with Gasteiger partial charge in [-0.25, -0.2) is 9.59 Å². The van der Waals surface area contributed by atoms with Crippen molar-refractivity contribution in [3.8, 4) is 0 Å². The quantitative estimate of drug-likeness (QED) is 0.896. The summed E-state index contributed by atoms with van der Waals surface area (Å²) in [5.74, 6) is -1.05. The molecule has 0 unspecified atom stereocenters. The highest BCUT2D eigenvalue weighted by Gasteiger charge is 2.23. The summed E-state index contributed by atoms with van der Waals surface area (Å²) in [5.41, 5.74) is 1.27. The molecule has 0 spiro atoms. The van der Waals surface area contributed by atoms with Crippen molar-refractivity contribution in [2.24, 2.45) is 0 Å². The van der Waals surface area contributed by atoms with E-state index in [4.69, 9.17) is 4.74 Å². The molecule has 114 valence electrons. The van der Waals surface area contributed by atoms with Gasteiger partial charge in [0.05, 0.1) is 17.4 Å². The lowest BCUT2D eigenvalue weighted by atomic mass is 10.1. The number of urea groups is 1. The Kier molecular flexibility index (Phi) is 4.80. The number of nitrogens with zero attached hydrogens (tertiary/aromatic N) is 1. The number of likely N-dealkylation sites (tertiary alicyclic amines) is 1. The van der Waals surface area contributed by atoms with Crippen LogP contribution in [-0.4, -0.2) is 48.3 Å². The molecule has 1 aliphatic heterocycles. The average molecular weight is 292 g/mol. The fraction of sp³-hybridized carbons (Fsp3) is 0.467. The lowest BCUT2D eigenvalue weighted by Crippen LogP contribution is -2.43. The van der Waals surface area contributed by atoms with E-state index in [9.17, 15) is 14.7 Å². The lowest BCUT2D eigenvalue weighted by molar-refractivity contribution is 0.0521. The van der Waals surface area contributed by atoms with E-state index in [1.807, 2.05) is 6.92 Å². The van der Waals surface area contributed by atoms with Crippen molar-refractivity contribution >= 4 is 17.7 Å². The summed E-state index contributed by atoms with van der Waals surface area (Å²) in [7, 11) is 1.67. The van der Waals surface area contributed by atoms with Crippen molar-refractivity contribution in [1.82, 2.24) is 4.90 Å². The number of carbonyl (C=O) groups is 2. The molecule has 0 aliphatic carbocycles. The summed E-state index contributed by atoms with van der Waals surface area (Å²) in [6.45, 7) is 3.03. The molecule has 6 heteroatoms.